The number of nitrogens with one attached hydrogen (secondary N) is 1. The lowest BCUT2D eigenvalue weighted by Gasteiger charge is -1.99. The summed E-state index contributed by atoms with van der Waals surface area (Å²) in [5.41, 5.74) is 4.36. The van der Waals surface area contributed by atoms with Gasteiger partial charge in [0.1, 0.15) is 0 Å². The lowest BCUT2D eigenvalue weighted by Crippen LogP contribution is -1.90. The minimum atomic E-state index is -0.384. The van der Waals surface area contributed by atoms with Gasteiger partial charge in [0.25, 0.3) is 5.69 Å². The number of aliphatic hydroxyl groups excluding tert-OH is 1. The van der Waals surface area contributed by atoms with Crippen LogP contribution in [0.2, 0.25) is 0 Å². The number of fused-ring (bicyclic) bond motifs is 1. The van der Waals surface area contributed by atoms with Crippen molar-refractivity contribution in [2.45, 2.75) is 13.8 Å². The summed E-state index contributed by atoms with van der Waals surface area (Å²) >= 11 is 0. The number of para-hydroxylation sites is 1. The second kappa shape index (κ2) is 7.52. The molecule has 1 aromatic heterocycles. The van der Waals surface area contributed by atoms with Crippen LogP contribution in [0.15, 0.2) is 47.5 Å². The number of hydrogen-bond donors (Lipinski definition) is 2. The summed E-state index contributed by atoms with van der Waals surface area (Å²) in [6, 6.07) is 13.0. The predicted octanol–water partition coefficient (Wildman–Crippen LogP) is 4.05. The van der Waals surface area contributed by atoms with E-state index >= 15 is 0 Å². The fourth-order valence-corrected chi connectivity index (χ4v) is 2.48. The molecule has 0 radical (unpaired) electrons. The molecule has 0 amide bonds. The average molecular weight is 325 g/mol. The van der Waals surface area contributed by atoms with E-state index < -0.39 is 0 Å². The molecule has 6 heteroatoms. The van der Waals surface area contributed by atoms with Gasteiger partial charge in [-0.25, -0.2) is 0 Å². The third-order valence-electron chi connectivity index (χ3n) is 3.68. The monoisotopic (exact) mass is 325 g/mol. The molecule has 3 aromatic rings. The first kappa shape index (κ1) is 17.4. The standard InChI is InChI=1S/C17H15N3O2.CH4O/c1-11-7-8-13(9-17(11)20(21)22)18-10-15-12(2)19-16-6-4-3-5-14(15)16;1-2/h3-10,19H,1-2H3;2H,1H3. The Bertz CT molecular complexity index is 898. The van der Waals surface area contributed by atoms with Gasteiger partial charge in [-0.3, -0.25) is 15.1 Å². The quantitative estimate of drug-likeness (QED) is 0.432. The minimum Gasteiger partial charge on any atom is -0.400 e. The number of aromatic nitrogens is 1. The number of nitro groups is 1. The number of nitrogens with zero attached hydrogens (tertiary/aromatic N) is 2. The Morgan fingerprint density at radius 2 is 1.88 bits per heavy atom. The molecule has 0 saturated carbocycles. The van der Waals surface area contributed by atoms with E-state index in [4.69, 9.17) is 5.11 Å². The van der Waals surface area contributed by atoms with Crippen molar-refractivity contribution in [3.8, 4) is 0 Å². The third kappa shape index (κ3) is 3.49. The number of hydrogen-bond acceptors (Lipinski definition) is 4. The smallest absolute Gasteiger partial charge is 0.274 e. The Morgan fingerprint density at radius 3 is 2.58 bits per heavy atom. The zero-order valence-corrected chi connectivity index (χ0v) is 13.8. The summed E-state index contributed by atoms with van der Waals surface area (Å²) in [6.45, 7) is 3.70. The molecule has 0 spiro atoms. The van der Waals surface area contributed by atoms with Gasteiger partial charge in [0.05, 0.1) is 10.6 Å². The summed E-state index contributed by atoms with van der Waals surface area (Å²) < 4.78 is 0. The van der Waals surface area contributed by atoms with Crippen molar-refractivity contribution in [3.63, 3.8) is 0 Å². The van der Waals surface area contributed by atoms with Crippen LogP contribution in [0.3, 0.4) is 0 Å². The first-order valence-corrected chi connectivity index (χ1v) is 7.37. The Labute approximate surface area is 139 Å². The molecular formula is C18H19N3O3. The second-order valence-corrected chi connectivity index (χ2v) is 5.20. The molecule has 124 valence electrons. The Hall–Kier alpha value is -2.99. The van der Waals surface area contributed by atoms with Crippen molar-refractivity contribution in [1.82, 2.24) is 4.98 Å². The van der Waals surface area contributed by atoms with Crippen molar-refractivity contribution < 1.29 is 10.0 Å². The van der Waals surface area contributed by atoms with E-state index in [-0.39, 0.29) is 10.6 Å². The highest BCUT2D eigenvalue weighted by molar-refractivity contribution is 6.01. The van der Waals surface area contributed by atoms with Crippen LogP contribution in [-0.2, 0) is 0 Å². The zero-order chi connectivity index (χ0) is 17.7. The number of H-pyrrole nitrogens is 1. The summed E-state index contributed by atoms with van der Waals surface area (Å²) in [4.78, 5) is 18.3. The first-order chi connectivity index (χ1) is 11.6. The molecule has 0 aliphatic rings. The van der Waals surface area contributed by atoms with Crippen molar-refractivity contribution in [2.75, 3.05) is 7.11 Å². The maximum atomic E-state index is 11.0. The summed E-state index contributed by atoms with van der Waals surface area (Å²) in [6.07, 6.45) is 1.75. The minimum absolute atomic E-state index is 0.0882. The van der Waals surface area contributed by atoms with Crippen LogP contribution in [0, 0.1) is 24.0 Å². The van der Waals surface area contributed by atoms with Crippen LogP contribution in [0.5, 0.6) is 0 Å². The van der Waals surface area contributed by atoms with Gasteiger partial charge >= 0.3 is 0 Å². The highest BCUT2D eigenvalue weighted by atomic mass is 16.6. The first-order valence-electron chi connectivity index (χ1n) is 7.37. The number of aromatic amines is 1. The SMILES string of the molecule is CO.Cc1ccc(N=Cc2c(C)[nH]c3ccccc23)cc1[N+](=O)[O-]. The molecule has 0 aliphatic carbocycles. The Morgan fingerprint density at radius 1 is 1.17 bits per heavy atom. The molecule has 24 heavy (non-hydrogen) atoms. The number of nitro benzene ring substituents is 1. The van der Waals surface area contributed by atoms with Crippen LogP contribution in [0.25, 0.3) is 10.9 Å². The van der Waals surface area contributed by atoms with E-state index in [0.29, 0.717) is 11.3 Å². The van der Waals surface area contributed by atoms with Crippen molar-refractivity contribution >= 4 is 28.5 Å². The normalized spacial score (nSPS) is 10.7. The third-order valence-corrected chi connectivity index (χ3v) is 3.68. The van der Waals surface area contributed by atoms with Crippen LogP contribution < -0.4 is 0 Å². The Balaban J connectivity index is 0.00000100. The van der Waals surface area contributed by atoms with Gasteiger partial charge < -0.3 is 10.1 Å². The van der Waals surface area contributed by atoms with Crippen LogP contribution in [-0.4, -0.2) is 28.3 Å². The molecule has 0 aliphatic heterocycles. The fourth-order valence-electron chi connectivity index (χ4n) is 2.48. The Kier molecular flexibility index (Phi) is 5.44. The average Bonchev–Trinajstić information content (AvgIpc) is 2.91. The number of aliphatic imine (C=N–C) groups is 1. The van der Waals surface area contributed by atoms with Gasteiger partial charge in [-0.2, -0.15) is 0 Å². The van der Waals surface area contributed by atoms with Gasteiger partial charge in [-0.15, -0.1) is 0 Å². The van der Waals surface area contributed by atoms with Crippen LogP contribution in [0.1, 0.15) is 16.8 Å². The summed E-state index contributed by atoms with van der Waals surface area (Å²) in [7, 11) is 1.00. The van der Waals surface area contributed by atoms with Crippen molar-refractivity contribution in [3.05, 3.63) is 69.4 Å². The van der Waals surface area contributed by atoms with E-state index in [2.05, 4.69) is 9.98 Å². The molecule has 3 rings (SSSR count). The van der Waals surface area contributed by atoms with Crippen LogP contribution >= 0.6 is 0 Å². The van der Waals surface area contributed by atoms with Gasteiger partial charge in [-0.05, 0) is 26.0 Å². The largest absolute Gasteiger partial charge is 0.400 e. The van der Waals surface area contributed by atoms with E-state index in [1.165, 1.54) is 6.07 Å². The highest BCUT2D eigenvalue weighted by Gasteiger charge is 2.11. The molecule has 2 N–H and O–H groups in total. The zero-order valence-electron chi connectivity index (χ0n) is 13.8. The van der Waals surface area contributed by atoms with E-state index in [1.807, 2.05) is 31.2 Å². The number of aryl methyl sites for hydroxylation is 2. The molecule has 0 atom stereocenters. The molecular weight excluding hydrogens is 306 g/mol. The maximum absolute atomic E-state index is 11.0. The van der Waals surface area contributed by atoms with Gasteiger partial charge in [0.15, 0.2) is 0 Å². The second-order valence-electron chi connectivity index (χ2n) is 5.20. The van der Waals surface area contributed by atoms with Gasteiger partial charge in [0, 0.05) is 47.1 Å². The van der Waals surface area contributed by atoms with E-state index in [9.17, 15) is 10.1 Å². The topological polar surface area (TPSA) is 91.5 Å². The highest BCUT2D eigenvalue weighted by Crippen LogP contribution is 2.25. The van der Waals surface area contributed by atoms with Crippen LogP contribution in [0.4, 0.5) is 11.4 Å². The molecule has 2 aromatic carbocycles. The van der Waals surface area contributed by atoms with Crippen molar-refractivity contribution in [2.24, 2.45) is 4.99 Å². The lowest BCUT2D eigenvalue weighted by atomic mass is 10.1. The fraction of sp³-hybridized carbons (Fsp3) is 0.167. The predicted molar refractivity (Wildman–Crippen MR) is 96.3 cm³/mol. The molecule has 6 nitrogen and oxygen atoms in total. The summed E-state index contributed by atoms with van der Waals surface area (Å²) in [5.74, 6) is 0. The molecule has 0 bridgehead atoms. The summed E-state index contributed by atoms with van der Waals surface area (Å²) in [5, 5.41) is 19.1. The number of aliphatic hydroxyl groups is 1. The van der Waals surface area contributed by atoms with E-state index in [1.54, 1.807) is 25.3 Å². The molecule has 0 fully saturated rings. The van der Waals surface area contributed by atoms with Crippen molar-refractivity contribution in [1.29, 1.82) is 0 Å². The van der Waals surface area contributed by atoms with Gasteiger partial charge in [-0.1, -0.05) is 24.3 Å². The number of benzene rings is 2. The molecule has 0 unspecified atom stereocenters. The molecule has 1 heterocycles. The maximum Gasteiger partial charge on any atom is 0.274 e. The lowest BCUT2D eigenvalue weighted by molar-refractivity contribution is -0.385. The van der Waals surface area contributed by atoms with E-state index in [0.717, 1.165) is 29.3 Å². The molecule has 0 saturated heterocycles. The van der Waals surface area contributed by atoms with Gasteiger partial charge in [0.2, 0.25) is 0 Å². The number of rotatable bonds is 3.